The molecule has 1 N–H and O–H groups in total. The van der Waals surface area contributed by atoms with Crippen molar-refractivity contribution in [1.29, 1.82) is 0 Å². The Morgan fingerprint density at radius 1 is 1.10 bits per heavy atom. The highest BCUT2D eigenvalue weighted by molar-refractivity contribution is 9.10. The third-order valence-electron chi connectivity index (χ3n) is 2.93. The number of Topliss-reactive ketones (excluding diaryl/α,β-unsaturated/α-hetero) is 1. The monoisotopic (exact) mass is 333 g/mol. The quantitative estimate of drug-likeness (QED) is 0.852. The van der Waals surface area contributed by atoms with Crippen LogP contribution in [0.5, 0.6) is 0 Å². The Bertz CT molecular complexity index is 611. The molecule has 1 aromatic heterocycles. The zero-order valence-electron chi connectivity index (χ0n) is 10.5. The van der Waals surface area contributed by atoms with Gasteiger partial charge in [0.05, 0.1) is 12.3 Å². The summed E-state index contributed by atoms with van der Waals surface area (Å²) in [5.41, 5.74) is 1.16. The number of aromatic nitrogens is 1. The summed E-state index contributed by atoms with van der Waals surface area (Å²) in [6.45, 7) is 0. The molecule has 0 radical (unpaired) electrons. The minimum atomic E-state index is -1.000. The lowest BCUT2D eigenvalue weighted by atomic mass is 9.88. The first kappa shape index (κ1) is 14.4. The lowest BCUT2D eigenvalue weighted by Crippen LogP contribution is -2.17. The van der Waals surface area contributed by atoms with E-state index in [0.29, 0.717) is 11.1 Å². The van der Waals surface area contributed by atoms with Gasteiger partial charge in [-0.2, -0.15) is 0 Å². The molecule has 0 aliphatic carbocycles. The topological polar surface area (TPSA) is 67.3 Å². The first-order valence-corrected chi connectivity index (χ1v) is 6.78. The summed E-state index contributed by atoms with van der Waals surface area (Å²) in [6.07, 6.45) is 2.81. The van der Waals surface area contributed by atoms with Crippen molar-refractivity contribution in [1.82, 2.24) is 4.98 Å². The second-order valence-corrected chi connectivity index (χ2v) is 5.22. The molecule has 0 fully saturated rings. The van der Waals surface area contributed by atoms with E-state index in [1.165, 1.54) is 12.4 Å². The molecule has 0 bridgehead atoms. The normalized spacial score (nSPS) is 11.8. The number of carbonyl (C=O) groups excluding carboxylic acids is 1. The molecule has 0 saturated carbocycles. The van der Waals surface area contributed by atoms with E-state index in [1.807, 2.05) is 0 Å². The molecule has 0 aliphatic heterocycles. The van der Waals surface area contributed by atoms with Crippen LogP contribution < -0.4 is 0 Å². The third-order valence-corrected chi connectivity index (χ3v) is 3.46. The highest BCUT2D eigenvalue weighted by Gasteiger charge is 2.24. The van der Waals surface area contributed by atoms with Gasteiger partial charge in [0.25, 0.3) is 0 Å². The lowest BCUT2D eigenvalue weighted by molar-refractivity contribution is -0.137. The van der Waals surface area contributed by atoms with Crippen LogP contribution in [-0.4, -0.2) is 21.8 Å². The summed E-state index contributed by atoms with van der Waals surface area (Å²) in [7, 11) is 0. The minimum absolute atomic E-state index is 0.211. The summed E-state index contributed by atoms with van der Waals surface area (Å²) in [5, 5.41) is 9.02. The predicted octanol–water partition coefficient (Wildman–Crippen LogP) is 3.29. The van der Waals surface area contributed by atoms with Crippen molar-refractivity contribution in [3.8, 4) is 0 Å². The molecule has 2 rings (SSSR count). The van der Waals surface area contributed by atoms with Crippen molar-refractivity contribution in [3.63, 3.8) is 0 Å². The molecular weight excluding hydrogens is 322 g/mol. The van der Waals surface area contributed by atoms with Crippen molar-refractivity contribution in [2.24, 2.45) is 0 Å². The zero-order chi connectivity index (χ0) is 14.5. The van der Waals surface area contributed by atoms with E-state index in [1.54, 1.807) is 36.4 Å². The Balaban J connectivity index is 2.35. The molecule has 0 saturated heterocycles. The van der Waals surface area contributed by atoms with Crippen LogP contribution in [0.15, 0.2) is 53.3 Å². The van der Waals surface area contributed by atoms with E-state index in [2.05, 4.69) is 20.9 Å². The number of carboxylic acids is 1. The standard InChI is InChI=1S/C15H12BrNO3/c16-12-3-1-10(2-4-12)13(9-14(18)19)15(20)11-5-7-17-8-6-11/h1-8,13H,9H2,(H,18,19). The molecule has 2 aromatic rings. The number of carboxylic acid groups (broad SMARTS) is 1. The molecule has 0 amide bonds. The van der Waals surface area contributed by atoms with Crippen molar-refractivity contribution < 1.29 is 14.7 Å². The smallest absolute Gasteiger partial charge is 0.304 e. The molecule has 0 aliphatic rings. The number of hydrogen-bond donors (Lipinski definition) is 1. The second kappa shape index (κ2) is 6.43. The summed E-state index contributed by atoms with van der Waals surface area (Å²) in [4.78, 5) is 27.3. The summed E-state index contributed by atoms with van der Waals surface area (Å²) < 4.78 is 0.881. The van der Waals surface area contributed by atoms with Crippen LogP contribution in [0.1, 0.15) is 28.3 Å². The molecular formula is C15H12BrNO3. The predicted molar refractivity (Wildman–Crippen MR) is 77.7 cm³/mol. The number of aliphatic carboxylic acids is 1. The average Bonchev–Trinajstić information content (AvgIpc) is 2.46. The van der Waals surface area contributed by atoms with E-state index in [-0.39, 0.29) is 12.2 Å². The molecule has 5 heteroatoms. The van der Waals surface area contributed by atoms with Crippen LogP contribution in [0.25, 0.3) is 0 Å². The van der Waals surface area contributed by atoms with Crippen molar-refractivity contribution in [3.05, 3.63) is 64.4 Å². The largest absolute Gasteiger partial charge is 0.481 e. The summed E-state index contributed by atoms with van der Waals surface area (Å²) in [6, 6.07) is 10.3. The Hall–Kier alpha value is -2.01. The second-order valence-electron chi connectivity index (χ2n) is 4.30. The van der Waals surface area contributed by atoms with Crippen molar-refractivity contribution >= 4 is 27.7 Å². The third kappa shape index (κ3) is 3.51. The lowest BCUT2D eigenvalue weighted by Gasteiger charge is -2.14. The van der Waals surface area contributed by atoms with Crippen molar-refractivity contribution in [2.75, 3.05) is 0 Å². The van der Waals surface area contributed by atoms with Crippen molar-refractivity contribution in [2.45, 2.75) is 12.3 Å². The molecule has 1 heterocycles. The maximum atomic E-state index is 12.5. The number of nitrogens with zero attached hydrogens (tertiary/aromatic N) is 1. The van der Waals surface area contributed by atoms with Crippen LogP contribution in [0.4, 0.5) is 0 Å². The van der Waals surface area contributed by atoms with Crippen LogP contribution in [0.3, 0.4) is 0 Å². The summed E-state index contributed by atoms with van der Waals surface area (Å²) in [5.74, 6) is -1.90. The Morgan fingerprint density at radius 2 is 1.70 bits per heavy atom. The number of ketones is 1. The van der Waals surface area contributed by atoms with Gasteiger partial charge in [0.1, 0.15) is 0 Å². The number of rotatable bonds is 5. The van der Waals surface area contributed by atoms with E-state index in [9.17, 15) is 9.59 Å². The average molecular weight is 334 g/mol. The fourth-order valence-electron chi connectivity index (χ4n) is 1.95. The fraction of sp³-hybridized carbons (Fsp3) is 0.133. The van der Waals surface area contributed by atoms with Gasteiger partial charge in [-0.25, -0.2) is 0 Å². The van der Waals surface area contributed by atoms with Crippen LogP contribution in [0, 0.1) is 0 Å². The number of pyridine rings is 1. The Labute approximate surface area is 124 Å². The van der Waals surface area contributed by atoms with Gasteiger partial charge in [0.15, 0.2) is 5.78 Å². The Morgan fingerprint density at radius 3 is 2.25 bits per heavy atom. The first-order chi connectivity index (χ1) is 9.58. The fourth-order valence-corrected chi connectivity index (χ4v) is 2.21. The molecule has 20 heavy (non-hydrogen) atoms. The maximum absolute atomic E-state index is 12.5. The Kier molecular flexibility index (Phi) is 4.63. The number of halogens is 1. The van der Waals surface area contributed by atoms with Gasteiger partial charge in [0.2, 0.25) is 0 Å². The summed E-state index contributed by atoms with van der Waals surface area (Å²) >= 11 is 3.32. The van der Waals surface area contributed by atoms with Gasteiger partial charge < -0.3 is 5.11 Å². The SMILES string of the molecule is O=C(O)CC(C(=O)c1ccncc1)c1ccc(Br)cc1. The van der Waals surface area contributed by atoms with E-state index in [4.69, 9.17) is 5.11 Å². The number of benzene rings is 1. The van der Waals surface area contributed by atoms with Gasteiger partial charge >= 0.3 is 5.97 Å². The molecule has 102 valence electrons. The van der Waals surface area contributed by atoms with Gasteiger partial charge in [-0.1, -0.05) is 28.1 Å². The van der Waals surface area contributed by atoms with Gasteiger partial charge in [-0.05, 0) is 29.8 Å². The maximum Gasteiger partial charge on any atom is 0.304 e. The van der Waals surface area contributed by atoms with Crippen LogP contribution in [-0.2, 0) is 4.79 Å². The first-order valence-electron chi connectivity index (χ1n) is 5.99. The van der Waals surface area contributed by atoms with Crippen LogP contribution in [0.2, 0.25) is 0 Å². The van der Waals surface area contributed by atoms with E-state index in [0.717, 1.165) is 4.47 Å². The van der Waals surface area contributed by atoms with E-state index >= 15 is 0 Å². The molecule has 0 spiro atoms. The molecule has 1 unspecified atom stereocenters. The molecule has 1 atom stereocenters. The zero-order valence-corrected chi connectivity index (χ0v) is 12.1. The minimum Gasteiger partial charge on any atom is -0.481 e. The highest BCUT2D eigenvalue weighted by atomic mass is 79.9. The van der Waals surface area contributed by atoms with Crippen LogP contribution >= 0.6 is 15.9 Å². The number of hydrogen-bond acceptors (Lipinski definition) is 3. The highest BCUT2D eigenvalue weighted by Crippen LogP contribution is 2.25. The van der Waals surface area contributed by atoms with Gasteiger partial charge in [-0.3, -0.25) is 14.6 Å². The van der Waals surface area contributed by atoms with E-state index < -0.39 is 11.9 Å². The molecule has 1 aromatic carbocycles. The molecule has 4 nitrogen and oxygen atoms in total. The van der Waals surface area contributed by atoms with Gasteiger partial charge in [0, 0.05) is 22.4 Å². The van der Waals surface area contributed by atoms with Gasteiger partial charge in [-0.15, -0.1) is 0 Å². The number of carbonyl (C=O) groups is 2.